The lowest BCUT2D eigenvalue weighted by Gasteiger charge is -2.35. The van der Waals surface area contributed by atoms with Crippen LogP contribution in [0.2, 0.25) is 5.02 Å². The van der Waals surface area contributed by atoms with E-state index in [1.807, 2.05) is 6.92 Å². The molecule has 1 aliphatic heterocycles. The van der Waals surface area contributed by atoms with Gasteiger partial charge >= 0.3 is 12.1 Å². The average Bonchev–Trinajstić information content (AvgIpc) is 3.15. The van der Waals surface area contributed by atoms with Crippen molar-refractivity contribution in [2.75, 3.05) is 24.7 Å². The van der Waals surface area contributed by atoms with E-state index in [-0.39, 0.29) is 28.6 Å². The number of nitrogens with zero attached hydrogens (tertiary/aromatic N) is 1. The van der Waals surface area contributed by atoms with Crippen LogP contribution >= 0.6 is 11.6 Å². The van der Waals surface area contributed by atoms with E-state index >= 15 is 8.78 Å². The van der Waals surface area contributed by atoms with Crippen molar-refractivity contribution in [3.8, 4) is 0 Å². The summed E-state index contributed by atoms with van der Waals surface area (Å²) in [5.41, 5.74) is -3.12. The molecule has 4 aromatic carbocycles. The molecule has 0 fully saturated rings. The maximum Gasteiger partial charge on any atom is 0.414 e. The van der Waals surface area contributed by atoms with E-state index in [1.165, 1.54) is 18.2 Å². The number of rotatable bonds is 11. The van der Waals surface area contributed by atoms with Crippen molar-refractivity contribution < 1.29 is 41.4 Å². The van der Waals surface area contributed by atoms with Crippen molar-refractivity contribution in [3.63, 3.8) is 0 Å². The van der Waals surface area contributed by atoms with Gasteiger partial charge in [0.1, 0.15) is 12.6 Å². The lowest BCUT2D eigenvalue weighted by Crippen LogP contribution is -2.51. The van der Waals surface area contributed by atoms with Gasteiger partial charge in [-0.1, -0.05) is 91.7 Å². The number of amides is 1. The Morgan fingerprint density at radius 1 is 1.00 bits per heavy atom. The van der Waals surface area contributed by atoms with E-state index in [4.69, 9.17) is 21.1 Å². The third-order valence-corrected chi connectivity index (χ3v) is 9.99. The third kappa shape index (κ3) is 7.46. The van der Waals surface area contributed by atoms with Crippen LogP contribution in [0, 0.1) is 0 Å². The SMILES string of the molecule is CCCCOC(=O)N1CCC(F)(F)[C@@](O)(COC(=O)[C@H](Cc2ccccc2)NS(=O)(=O)c2cccc3ccccc23)c2cc(Cl)ccc21. The Kier molecular flexibility index (Phi) is 10.7. The molecule has 4 aromatic rings. The molecule has 254 valence electrons. The highest BCUT2D eigenvalue weighted by atomic mass is 35.5. The second kappa shape index (κ2) is 14.6. The molecule has 1 amide bonds. The summed E-state index contributed by atoms with van der Waals surface area (Å²) in [5.74, 6) is -5.13. The molecule has 0 aliphatic carbocycles. The van der Waals surface area contributed by atoms with Crippen LogP contribution in [-0.4, -0.2) is 57.3 Å². The smallest absolute Gasteiger partial charge is 0.414 e. The Bertz CT molecular complexity index is 1890. The highest BCUT2D eigenvalue weighted by Crippen LogP contribution is 2.48. The van der Waals surface area contributed by atoms with Crippen LogP contribution in [0.5, 0.6) is 0 Å². The maximum atomic E-state index is 15.9. The molecule has 0 saturated heterocycles. The topological polar surface area (TPSA) is 122 Å². The Labute approximate surface area is 282 Å². The predicted octanol–water partition coefficient (Wildman–Crippen LogP) is 6.60. The van der Waals surface area contributed by atoms with E-state index in [0.29, 0.717) is 22.8 Å². The molecule has 48 heavy (non-hydrogen) atoms. The highest BCUT2D eigenvalue weighted by molar-refractivity contribution is 7.89. The number of carbonyl (C=O) groups excluding carboxylic acids is 2. The number of anilines is 1. The fourth-order valence-corrected chi connectivity index (χ4v) is 7.17. The second-order valence-corrected chi connectivity index (χ2v) is 13.7. The molecule has 1 heterocycles. The first-order chi connectivity index (χ1) is 22.9. The molecule has 9 nitrogen and oxygen atoms in total. The number of nitrogens with one attached hydrogen (secondary N) is 1. The van der Waals surface area contributed by atoms with Gasteiger partial charge in [-0.25, -0.2) is 22.0 Å². The second-order valence-electron chi connectivity index (χ2n) is 11.5. The number of unbranched alkanes of at least 4 members (excludes halogenated alkanes) is 1. The summed E-state index contributed by atoms with van der Waals surface area (Å²) in [6.07, 6.45) is -0.756. The Hall–Kier alpha value is -4.10. The van der Waals surface area contributed by atoms with Gasteiger partial charge in [-0.15, -0.1) is 0 Å². The molecule has 0 bridgehead atoms. The van der Waals surface area contributed by atoms with Gasteiger partial charge in [-0.2, -0.15) is 4.72 Å². The van der Waals surface area contributed by atoms with Crippen molar-refractivity contribution >= 4 is 50.1 Å². The molecule has 0 aromatic heterocycles. The molecular weight excluding hydrogens is 666 g/mol. The summed E-state index contributed by atoms with van der Waals surface area (Å²) in [5, 5.41) is 12.8. The molecule has 0 radical (unpaired) electrons. The molecule has 5 rings (SSSR count). The summed E-state index contributed by atoms with van der Waals surface area (Å²) in [6, 6.07) is 22.2. The van der Waals surface area contributed by atoms with Crippen LogP contribution in [0.25, 0.3) is 10.8 Å². The highest BCUT2D eigenvalue weighted by Gasteiger charge is 2.58. The lowest BCUT2D eigenvalue weighted by atomic mass is 9.86. The van der Waals surface area contributed by atoms with Crippen molar-refractivity contribution in [2.24, 2.45) is 0 Å². The summed E-state index contributed by atoms with van der Waals surface area (Å²) in [6.45, 7) is 0.193. The molecule has 0 saturated carbocycles. The largest absolute Gasteiger partial charge is 0.461 e. The minimum absolute atomic E-state index is 0.0136. The molecule has 13 heteroatoms. The fraction of sp³-hybridized carbons (Fsp3) is 0.314. The van der Waals surface area contributed by atoms with Gasteiger partial charge in [0.2, 0.25) is 10.0 Å². The van der Waals surface area contributed by atoms with Gasteiger partial charge in [-0.3, -0.25) is 9.69 Å². The zero-order chi connectivity index (χ0) is 34.5. The van der Waals surface area contributed by atoms with Crippen LogP contribution in [0.1, 0.15) is 37.3 Å². The number of aliphatic hydroxyl groups is 1. The zero-order valence-corrected chi connectivity index (χ0v) is 27.6. The molecule has 2 atom stereocenters. The van der Waals surface area contributed by atoms with E-state index in [2.05, 4.69) is 4.72 Å². The number of halogens is 3. The summed E-state index contributed by atoms with van der Waals surface area (Å²) >= 11 is 6.18. The van der Waals surface area contributed by atoms with Gasteiger partial charge in [0.05, 0.1) is 17.2 Å². The number of ether oxygens (including phenoxy) is 2. The molecule has 1 aliphatic rings. The molecule has 2 N–H and O–H groups in total. The van der Waals surface area contributed by atoms with E-state index in [0.717, 1.165) is 17.4 Å². The number of esters is 1. The first-order valence-electron chi connectivity index (χ1n) is 15.4. The number of hydrogen-bond donors (Lipinski definition) is 2. The van der Waals surface area contributed by atoms with Gasteiger partial charge in [0, 0.05) is 28.9 Å². The van der Waals surface area contributed by atoms with Crippen molar-refractivity contribution in [2.45, 2.75) is 55.1 Å². The average molecular weight is 701 g/mol. The quantitative estimate of drug-likeness (QED) is 0.134. The minimum Gasteiger partial charge on any atom is -0.461 e. The van der Waals surface area contributed by atoms with Crippen molar-refractivity contribution in [1.82, 2.24) is 4.72 Å². The fourth-order valence-electron chi connectivity index (χ4n) is 5.59. The number of alkyl halides is 2. The monoisotopic (exact) mass is 700 g/mol. The number of benzene rings is 4. The summed E-state index contributed by atoms with van der Waals surface area (Å²) in [4.78, 5) is 27.5. The first-order valence-corrected chi connectivity index (χ1v) is 17.3. The van der Waals surface area contributed by atoms with Crippen LogP contribution in [0.4, 0.5) is 19.3 Å². The van der Waals surface area contributed by atoms with Gasteiger partial charge in [0.15, 0.2) is 5.60 Å². The summed E-state index contributed by atoms with van der Waals surface area (Å²) in [7, 11) is -4.36. The number of sulfonamides is 1. The van der Waals surface area contributed by atoms with E-state index < -0.39 is 64.8 Å². The van der Waals surface area contributed by atoms with Crippen LogP contribution in [-0.2, 0) is 36.3 Å². The van der Waals surface area contributed by atoms with E-state index in [9.17, 15) is 23.1 Å². The van der Waals surface area contributed by atoms with Gasteiger partial charge < -0.3 is 14.6 Å². The zero-order valence-electron chi connectivity index (χ0n) is 26.1. The van der Waals surface area contributed by atoms with Crippen LogP contribution in [0.15, 0.2) is 95.9 Å². The normalized spacial score (nSPS) is 18.1. The van der Waals surface area contributed by atoms with Crippen molar-refractivity contribution in [3.05, 3.63) is 107 Å². The standard InChI is InChI=1S/C35H35ClF2N2O7S/c1-2-3-20-46-33(42)40-19-18-35(37,38)34(43,28-22-26(36)16-17-30(28)40)23-47-32(41)29(21-24-10-5-4-6-11-24)39-48(44,45)31-15-9-13-25-12-7-8-14-27(25)31/h4-17,22,29,39,43H,2-3,18-21,23H2,1H3/t29-,34+/m0/s1. The number of carbonyl (C=O) groups is 2. The van der Waals surface area contributed by atoms with Crippen molar-refractivity contribution in [1.29, 1.82) is 0 Å². The minimum atomic E-state index is -4.36. The van der Waals surface area contributed by atoms with Crippen LogP contribution in [0.3, 0.4) is 0 Å². The Morgan fingerprint density at radius 3 is 2.46 bits per heavy atom. The lowest BCUT2D eigenvalue weighted by molar-refractivity contribution is -0.214. The Morgan fingerprint density at radius 2 is 1.71 bits per heavy atom. The molecule has 0 unspecified atom stereocenters. The number of hydrogen-bond acceptors (Lipinski definition) is 7. The predicted molar refractivity (Wildman–Crippen MR) is 178 cm³/mol. The maximum absolute atomic E-state index is 15.9. The number of fused-ring (bicyclic) bond motifs is 2. The summed E-state index contributed by atoms with van der Waals surface area (Å²) < 4.78 is 72.3. The first kappa shape index (κ1) is 35.2. The van der Waals surface area contributed by atoms with Gasteiger partial charge in [0.25, 0.3) is 5.92 Å². The van der Waals surface area contributed by atoms with Crippen LogP contribution < -0.4 is 9.62 Å². The van der Waals surface area contributed by atoms with Gasteiger partial charge in [-0.05, 0) is 48.1 Å². The molecule has 0 spiro atoms. The third-order valence-electron chi connectivity index (χ3n) is 8.22. The molecular formula is C35H35ClF2N2O7S. The Balaban J connectivity index is 1.46. The van der Waals surface area contributed by atoms with E-state index in [1.54, 1.807) is 66.7 Å².